The zero-order valence-electron chi connectivity index (χ0n) is 16.4. The molecule has 0 fully saturated rings. The normalized spacial score (nSPS) is 12.6. The summed E-state index contributed by atoms with van der Waals surface area (Å²) in [5.41, 5.74) is 0.851. The molecular formula is C20H30N4O2S. The Labute approximate surface area is 165 Å². The van der Waals surface area contributed by atoms with Gasteiger partial charge in [0.25, 0.3) is 5.91 Å². The number of amides is 1. The van der Waals surface area contributed by atoms with Gasteiger partial charge < -0.3 is 20.4 Å². The van der Waals surface area contributed by atoms with Crippen molar-refractivity contribution in [2.75, 3.05) is 26.2 Å². The van der Waals surface area contributed by atoms with Gasteiger partial charge >= 0.3 is 0 Å². The molecule has 1 amide bonds. The summed E-state index contributed by atoms with van der Waals surface area (Å²) in [6.07, 6.45) is 3.39. The van der Waals surface area contributed by atoms with Gasteiger partial charge in [0, 0.05) is 36.6 Å². The van der Waals surface area contributed by atoms with Crippen molar-refractivity contribution in [2.45, 2.75) is 33.6 Å². The number of hydrogen-bond donors (Lipinski definition) is 3. The molecule has 1 atom stereocenters. The van der Waals surface area contributed by atoms with Crippen LogP contribution in [0.1, 0.15) is 41.3 Å². The van der Waals surface area contributed by atoms with Crippen molar-refractivity contribution in [1.82, 2.24) is 16.0 Å². The van der Waals surface area contributed by atoms with Gasteiger partial charge in [-0.1, -0.05) is 13.0 Å². The number of guanidine groups is 1. The molecule has 7 heteroatoms. The zero-order chi connectivity index (χ0) is 19.5. The van der Waals surface area contributed by atoms with E-state index in [-0.39, 0.29) is 5.91 Å². The van der Waals surface area contributed by atoms with Crippen molar-refractivity contribution in [3.8, 4) is 0 Å². The molecule has 2 aromatic heterocycles. The predicted octanol–water partition coefficient (Wildman–Crippen LogP) is 3.20. The van der Waals surface area contributed by atoms with E-state index in [1.165, 1.54) is 11.1 Å². The molecule has 2 aromatic rings. The van der Waals surface area contributed by atoms with E-state index in [2.05, 4.69) is 52.3 Å². The third kappa shape index (κ3) is 7.46. The molecule has 0 spiro atoms. The molecule has 0 aliphatic heterocycles. The minimum Gasteiger partial charge on any atom is -0.459 e. The Balaban J connectivity index is 1.67. The lowest BCUT2D eigenvalue weighted by Crippen LogP contribution is -2.39. The van der Waals surface area contributed by atoms with Crippen LogP contribution in [0.4, 0.5) is 0 Å². The van der Waals surface area contributed by atoms with Crippen LogP contribution in [0.2, 0.25) is 0 Å². The first-order valence-electron chi connectivity index (χ1n) is 9.47. The number of carbonyl (C=O) groups is 1. The highest BCUT2D eigenvalue weighted by Crippen LogP contribution is 2.14. The number of aliphatic imine (C=N–C) groups is 1. The lowest BCUT2D eigenvalue weighted by atomic mass is 10.1. The molecule has 1 unspecified atom stereocenters. The van der Waals surface area contributed by atoms with Gasteiger partial charge in [-0.25, -0.2) is 0 Å². The third-order valence-electron chi connectivity index (χ3n) is 4.03. The van der Waals surface area contributed by atoms with Crippen LogP contribution < -0.4 is 16.0 Å². The summed E-state index contributed by atoms with van der Waals surface area (Å²) in [7, 11) is 0. The zero-order valence-corrected chi connectivity index (χ0v) is 17.2. The second kappa shape index (κ2) is 11.4. The molecule has 2 heterocycles. The number of hydrogen-bond acceptors (Lipinski definition) is 4. The van der Waals surface area contributed by atoms with Gasteiger partial charge in [0.2, 0.25) is 0 Å². The van der Waals surface area contributed by atoms with Gasteiger partial charge in [0.15, 0.2) is 11.7 Å². The maximum Gasteiger partial charge on any atom is 0.287 e. The number of rotatable bonds is 10. The summed E-state index contributed by atoms with van der Waals surface area (Å²) >= 11 is 1.80. The van der Waals surface area contributed by atoms with Gasteiger partial charge in [-0.2, -0.15) is 0 Å². The van der Waals surface area contributed by atoms with E-state index < -0.39 is 0 Å². The molecular weight excluding hydrogens is 360 g/mol. The van der Waals surface area contributed by atoms with E-state index in [4.69, 9.17) is 4.42 Å². The second-order valence-electron chi connectivity index (χ2n) is 6.58. The number of furan rings is 1. The van der Waals surface area contributed by atoms with E-state index in [9.17, 15) is 4.79 Å². The van der Waals surface area contributed by atoms with Crippen molar-refractivity contribution in [2.24, 2.45) is 10.9 Å². The van der Waals surface area contributed by atoms with Gasteiger partial charge in [0.1, 0.15) is 0 Å². The topological polar surface area (TPSA) is 78.7 Å². The third-order valence-corrected chi connectivity index (χ3v) is 4.93. The van der Waals surface area contributed by atoms with Crippen molar-refractivity contribution >= 4 is 23.2 Å². The second-order valence-corrected chi connectivity index (χ2v) is 7.61. The lowest BCUT2D eigenvalue weighted by Gasteiger charge is -2.13. The standard InChI is InChI=1S/C20H30N4O2S/c1-4-21-20(24-14-15(2)13-17-7-5-12-27-17)23-10-6-9-22-19(25)18-16(3)8-11-26-18/h5,7-8,11-12,15H,4,6,9-10,13-14H2,1-3H3,(H,22,25)(H2,21,23,24). The summed E-state index contributed by atoms with van der Waals surface area (Å²) in [5, 5.41) is 11.6. The average Bonchev–Trinajstić information content (AvgIpc) is 3.30. The highest BCUT2D eigenvalue weighted by Gasteiger charge is 2.11. The fourth-order valence-electron chi connectivity index (χ4n) is 2.61. The molecule has 2 rings (SSSR count). The Hall–Kier alpha value is -2.28. The van der Waals surface area contributed by atoms with Crippen molar-refractivity contribution in [1.29, 1.82) is 0 Å². The van der Waals surface area contributed by atoms with Crippen LogP contribution in [-0.4, -0.2) is 38.0 Å². The van der Waals surface area contributed by atoms with Crippen LogP contribution >= 0.6 is 11.3 Å². The maximum absolute atomic E-state index is 12.0. The summed E-state index contributed by atoms with van der Waals surface area (Å²) < 4.78 is 5.19. The smallest absolute Gasteiger partial charge is 0.287 e. The molecule has 6 nitrogen and oxygen atoms in total. The monoisotopic (exact) mass is 390 g/mol. The van der Waals surface area contributed by atoms with Crippen LogP contribution in [0.5, 0.6) is 0 Å². The first-order valence-corrected chi connectivity index (χ1v) is 10.3. The number of thiophene rings is 1. The quantitative estimate of drug-likeness (QED) is 0.331. The molecule has 3 N–H and O–H groups in total. The Morgan fingerprint density at radius 1 is 1.26 bits per heavy atom. The van der Waals surface area contributed by atoms with E-state index in [0.29, 0.717) is 18.2 Å². The number of aryl methyl sites for hydroxylation is 1. The molecule has 0 saturated heterocycles. The van der Waals surface area contributed by atoms with Crippen LogP contribution in [0.25, 0.3) is 0 Å². The Bertz CT molecular complexity index is 709. The maximum atomic E-state index is 12.0. The van der Waals surface area contributed by atoms with Gasteiger partial charge in [0.05, 0.1) is 6.26 Å². The number of nitrogens with one attached hydrogen (secondary N) is 3. The first-order chi connectivity index (χ1) is 13.1. The van der Waals surface area contributed by atoms with Crippen molar-refractivity contribution in [3.63, 3.8) is 0 Å². The molecule has 0 bridgehead atoms. The van der Waals surface area contributed by atoms with Crippen LogP contribution in [-0.2, 0) is 6.42 Å². The Morgan fingerprint density at radius 3 is 2.74 bits per heavy atom. The molecule has 148 valence electrons. The minimum absolute atomic E-state index is 0.166. The highest BCUT2D eigenvalue weighted by atomic mass is 32.1. The van der Waals surface area contributed by atoms with E-state index in [0.717, 1.165) is 44.0 Å². The highest BCUT2D eigenvalue weighted by molar-refractivity contribution is 7.09. The average molecular weight is 391 g/mol. The van der Waals surface area contributed by atoms with Crippen molar-refractivity contribution < 1.29 is 9.21 Å². The van der Waals surface area contributed by atoms with Crippen LogP contribution in [0.15, 0.2) is 39.3 Å². The predicted molar refractivity (Wildman–Crippen MR) is 112 cm³/mol. The summed E-state index contributed by atoms with van der Waals surface area (Å²) in [5.74, 6) is 1.54. The summed E-state index contributed by atoms with van der Waals surface area (Å²) in [6, 6.07) is 6.05. The fourth-order valence-corrected chi connectivity index (χ4v) is 3.48. The van der Waals surface area contributed by atoms with Crippen molar-refractivity contribution in [3.05, 3.63) is 46.0 Å². The molecule has 27 heavy (non-hydrogen) atoms. The van der Waals surface area contributed by atoms with Gasteiger partial charge in [-0.15, -0.1) is 11.3 Å². The van der Waals surface area contributed by atoms with E-state index in [1.54, 1.807) is 17.4 Å². The molecule has 0 aliphatic carbocycles. The lowest BCUT2D eigenvalue weighted by molar-refractivity contribution is 0.0925. The molecule has 0 aromatic carbocycles. The van der Waals surface area contributed by atoms with Gasteiger partial charge in [-0.3, -0.25) is 9.79 Å². The number of carbonyl (C=O) groups excluding carboxylic acids is 1. The molecule has 0 aliphatic rings. The number of nitrogens with zero attached hydrogens (tertiary/aromatic N) is 1. The molecule has 0 radical (unpaired) electrons. The Morgan fingerprint density at radius 2 is 2.07 bits per heavy atom. The summed E-state index contributed by atoms with van der Waals surface area (Å²) in [4.78, 5) is 18.1. The largest absolute Gasteiger partial charge is 0.459 e. The first kappa shape index (κ1) is 21.0. The van der Waals surface area contributed by atoms with Crippen LogP contribution in [0.3, 0.4) is 0 Å². The Kier molecular flexibility index (Phi) is 8.91. The fraction of sp³-hybridized carbons (Fsp3) is 0.500. The van der Waals surface area contributed by atoms with Gasteiger partial charge in [-0.05, 0) is 50.1 Å². The van der Waals surface area contributed by atoms with Crippen LogP contribution in [0, 0.1) is 12.8 Å². The van der Waals surface area contributed by atoms with E-state index >= 15 is 0 Å². The summed E-state index contributed by atoms with van der Waals surface area (Å²) in [6.45, 7) is 9.06. The minimum atomic E-state index is -0.166. The molecule has 0 saturated carbocycles. The van der Waals surface area contributed by atoms with E-state index in [1.807, 2.05) is 6.92 Å². The SMILES string of the molecule is CCNC(=NCC(C)Cc1cccs1)NCCCNC(=O)c1occc1C.